The summed E-state index contributed by atoms with van der Waals surface area (Å²) in [5, 5.41) is 16.9. The Bertz CT molecular complexity index is 1100. The predicted molar refractivity (Wildman–Crippen MR) is 122 cm³/mol. The highest BCUT2D eigenvalue weighted by molar-refractivity contribution is 5.66. The van der Waals surface area contributed by atoms with E-state index in [0.717, 1.165) is 48.4 Å². The molecule has 0 atom stereocenters. The first-order valence-corrected chi connectivity index (χ1v) is 10.7. The number of aliphatic hydroxyl groups is 1. The van der Waals surface area contributed by atoms with Gasteiger partial charge in [-0.3, -0.25) is 4.68 Å². The lowest BCUT2D eigenvalue weighted by Gasteiger charge is -2.06. The summed E-state index contributed by atoms with van der Waals surface area (Å²) in [6.07, 6.45) is 12.1. The second-order valence-electron chi connectivity index (χ2n) is 7.47. The predicted octanol–water partition coefficient (Wildman–Crippen LogP) is 4.53. The molecule has 0 unspecified atom stereocenters. The molecule has 4 aromatic rings. The van der Waals surface area contributed by atoms with Crippen molar-refractivity contribution in [2.45, 2.75) is 39.0 Å². The molecule has 164 valence electrons. The molecule has 0 bridgehead atoms. The molecule has 0 amide bonds. The van der Waals surface area contributed by atoms with E-state index in [4.69, 9.17) is 14.3 Å². The van der Waals surface area contributed by atoms with E-state index < -0.39 is 0 Å². The fraction of sp³-hybridized carbons (Fsp3) is 0.240. The molecule has 1 N–H and O–H groups in total. The second kappa shape index (κ2) is 11.1. The van der Waals surface area contributed by atoms with E-state index in [9.17, 15) is 0 Å². The normalized spacial score (nSPS) is 11.3. The molecule has 32 heavy (non-hydrogen) atoms. The molecular weight excluding hydrogens is 404 g/mol. The molecule has 0 aliphatic carbocycles. The van der Waals surface area contributed by atoms with E-state index >= 15 is 0 Å². The lowest BCUT2D eigenvalue weighted by atomic mass is 10.1. The summed E-state index contributed by atoms with van der Waals surface area (Å²) < 4.78 is 13.2. The summed E-state index contributed by atoms with van der Waals surface area (Å²) in [6, 6.07) is 15.8. The maximum absolute atomic E-state index is 9.10. The van der Waals surface area contributed by atoms with Crippen molar-refractivity contribution in [1.82, 2.24) is 20.0 Å². The number of rotatable bonds is 11. The molecule has 2 aromatic heterocycles. The maximum atomic E-state index is 9.10. The number of aliphatic hydroxyl groups excluding tert-OH is 1. The summed E-state index contributed by atoms with van der Waals surface area (Å²) >= 11 is 0. The van der Waals surface area contributed by atoms with Crippen LogP contribution in [0, 0.1) is 0 Å². The number of oxazole rings is 1. The number of aryl methyl sites for hydroxylation is 2. The van der Waals surface area contributed by atoms with Crippen LogP contribution in [0.3, 0.4) is 0 Å². The largest absolute Gasteiger partial charge is 0.487 e. The van der Waals surface area contributed by atoms with Gasteiger partial charge < -0.3 is 14.3 Å². The maximum Gasteiger partial charge on any atom is 0.218 e. The molecule has 0 saturated heterocycles. The average molecular weight is 431 g/mol. The minimum atomic E-state index is 0.0424. The smallest absolute Gasteiger partial charge is 0.218 e. The Labute approximate surface area is 187 Å². The number of hydrogen-bond acceptors (Lipinski definition) is 6. The van der Waals surface area contributed by atoms with E-state index in [1.807, 2.05) is 59.4 Å². The van der Waals surface area contributed by atoms with Crippen molar-refractivity contribution in [3.63, 3.8) is 0 Å². The minimum absolute atomic E-state index is 0.0424. The third kappa shape index (κ3) is 6.39. The van der Waals surface area contributed by atoms with Crippen LogP contribution in [-0.2, 0) is 26.2 Å². The molecule has 0 aliphatic heterocycles. The van der Waals surface area contributed by atoms with Crippen molar-refractivity contribution in [2.24, 2.45) is 0 Å². The van der Waals surface area contributed by atoms with Crippen LogP contribution >= 0.6 is 0 Å². The van der Waals surface area contributed by atoms with Gasteiger partial charge in [0.05, 0.1) is 12.8 Å². The molecule has 4 rings (SSSR count). The molecule has 0 saturated carbocycles. The Morgan fingerprint density at radius 3 is 2.53 bits per heavy atom. The van der Waals surface area contributed by atoms with Crippen LogP contribution in [-0.4, -0.2) is 25.1 Å². The molecule has 0 spiro atoms. The molecule has 2 heterocycles. The monoisotopic (exact) mass is 430 g/mol. The Balaban J connectivity index is 1.20. The van der Waals surface area contributed by atoms with Crippen molar-refractivity contribution in [1.29, 1.82) is 0 Å². The van der Waals surface area contributed by atoms with Gasteiger partial charge in [0.2, 0.25) is 5.89 Å². The van der Waals surface area contributed by atoms with E-state index in [1.54, 1.807) is 12.5 Å². The van der Waals surface area contributed by atoms with Crippen LogP contribution in [0.4, 0.5) is 0 Å². The van der Waals surface area contributed by atoms with Gasteiger partial charge in [-0.15, -0.1) is 5.10 Å². The van der Waals surface area contributed by atoms with Gasteiger partial charge in [0.15, 0.2) is 0 Å². The van der Waals surface area contributed by atoms with Crippen molar-refractivity contribution >= 4 is 12.2 Å². The number of benzene rings is 2. The summed E-state index contributed by atoms with van der Waals surface area (Å²) in [4.78, 5) is 4.43. The summed E-state index contributed by atoms with van der Waals surface area (Å²) in [5.74, 6) is 1.33. The van der Waals surface area contributed by atoms with Crippen LogP contribution in [0.1, 0.15) is 41.1 Å². The van der Waals surface area contributed by atoms with E-state index in [2.05, 4.69) is 27.4 Å². The third-order valence-corrected chi connectivity index (χ3v) is 5.03. The number of unbranched alkanes of at least 4 members (excludes halogenated alkanes) is 1. The van der Waals surface area contributed by atoms with Crippen molar-refractivity contribution in [2.75, 3.05) is 0 Å². The average Bonchev–Trinajstić information content (AvgIpc) is 3.52. The molecule has 7 heteroatoms. The molecule has 7 nitrogen and oxygen atoms in total. The number of hydrogen-bond donors (Lipinski definition) is 1. The highest BCUT2D eigenvalue weighted by Crippen LogP contribution is 2.16. The Hall–Kier alpha value is -3.71. The minimum Gasteiger partial charge on any atom is -0.487 e. The van der Waals surface area contributed by atoms with Crippen LogP contribution in [0.25, 0.3) is 12.2 Å². The first kappa shape index (κ1) is 21.5. The van der Waals surface area contributed by atoms with Gasteiger partial charge in [-0.2, -0.15) is 0 Å². The zero-order valence-electron chi connectivity index (χ0n) is 17.8. The van der Waals surface area contributed by atoms with Crippen LogP contribution < -0.4 is 4.74 Å². The molecule has 0 radical (unpaired) electrons. The van der Waals surface area contributed by atoms with Crippen LogP contribution in [0.5, 0.6) is 5.75 Å². The number of ether oxygens (including phenoxy) is 1. The topological polar surface area (TPSA) is 86.2 Å². The SMILES string of the molecule is OCc1ccc(C=Cc2nc(COc3ccc(CCCCn4ccnn4)cc3)co2)cc1. The first-order valence-electron chi connectivity index (χ1n) is 10.7. The fourth-order valence-electron chi connectivity index (χ4n) is 3.23. The van der Waals surface area contributed by atoms with E-state index in [1.165, 1.54) is 5.56 Å². The van der Waals surface area contributed by atoms with Gasteiger partial charge in [-0.25, -0.2) is 4.98 Å². The summed E-state index contributed by atoms with van der Waals surface area (Å²) in [6.45, 7) is 1.28. The van der Waals surface area contributed by atoms with Crippen LogP contribution in [0.2, 0.25) is 0 Å². The standard InChI is InChI=1S/C25H26N4O3/c30-17-22-6-4-21(5-7-22)10-13-25-27-23(19-32-25)18-31-24-11-8-20(9-12-24)3-1-2-15-29-16-14-26-28-29/h4-14,16,19,30H,1-3,15,17-18H2. The van der Waals surface area contributed by atoms with Gasteiger partial charge in [-0.1, -0.05) is 41.6 Å². The van der Waals surface area contributed by atoms with Crippen molar-refractivity contribution in [3.8, 4) is 5.75 Å². The second-order valence-corrected chi connectivity index (χ2v) is 7.47. The van der Waals surface area contributed by atoms with Crippen molar-refractivity contribution in [3.05, 3.63) is 95.5 Å². The van der Waals surface area contributed by atoms with E-state index in [-0.39, 0.29) is 6.61 Å². The highest BCUT2D eigenvalue weighted by atomic mass is 16.5. The Kier molecular flexibility index (Phi) is 7.44. The zero-order chi connectivity index (χ0) is 22.0. The fourth-order valence-corrected chi connectivity index (χ4v) is 3.23. The van der Waals surface area contributed by atoms with Gasteiger partial charge in [0.1, 0.15) is 24.3 Å². The van der Waals surface area contributed by atoms with Crippen LogP contribution in [0.15, 0.2) is 71.6 Å². The Morgan fingerprint density at radius 2 is 1.78 bits per heavy atom. The van der Waals surface area contributed by atoms with Gasteiger partial charge >= 0.3 is 0 Å². The summed E-state index contributed by atoms with van der Waals surface area (Å²) in [7, 11) is 0. The molecule has 2 aromatic carbocycles. The summed E-state index contributed by atoms with van der Waals surface area (Å²) in [5.41, 5.74) is 3.92. The number of nitrogens with zero attached hydrogens (tertiary/aromatic N) is 4. The van der Waals surface area contributed by atoms with Gasteiger partial charge in [0, 0.05) is 18.8 Å². The molecule has 0 fully saturated rings. The van der Waals surface area contributed by atoms with Gasteiger partial charge in [0.25, 0.3) is 0 Å². The quantitative estimate of drug-likeness (QED) is 0.352. The molecule has 0 aliphatic rings. The zero-order valence-corrected chi connectivity index (χ0v) is 17.8. The van der Waals surface area contributed by atoms with E-state index in [0.29, 0.717) is 12.5 Å². The first-order chi connectivity index (χ1) is 15.8. The highest BCUT2D eigenvalue weighted by Gasteiger charge is 2.03. The van der Waals surface area contributed by atoms with Gasteiger partial charge in [-0.05, 0) is 54.2 Å². The van der Waals surface area contributed by atoms with Crippen molar-refractivity contribution < 1.29 is 14.3 Å². The third-order valence-electron chi connectivity index (χ3n) is 5.03. The molecular formula is C25H26N4O3. The Morgan fingerprint density at radius 1 is 0.969 bits per heavy atom. The lowest BCUT2D eigenvalue weighted by Crippen LogP contribution is -1.99. The number of aromatic nitrogens is 4. The lowest BCUT2D eigenvalue weighted by molar-refractivity contribution is 0.282.